The van der Waals surface area contributed by atoms with E-state index in [2.05, 4.69) is 82.8 Å². The molecule has 0 aliphatic rings. The van der Waals surface area contributed by atoms with E-state index in [1.165, 1.54) is 0 Å². The lowest BCUT2D eigenvalue weighted by Gasteiger charge is -2.10. The number of pyridine rings is 4. The number of furan rings is 1. The van der Waals surface area contributed by atoms with Crippen molar-refractivity contribution in [1.82, 2.24) is 19.9 Å². The quantitative estimate of drug-likeness (QED) is 0.211. The van der Waals surface area contributed by atoms with Crippen LogP contribution in [-0.4, -0.2) is 19.9 Å². The first-order valence-electron chi connectivity index (χ1n) is 13.5. The molecule has 9 aromatic rings. The standard InChI is InChI=1S/C36H20N4O/c1-5-23-27(19-31-25(7-3-13-37-31)35(23)39-15-1)21-9-11-33-29(17-21)30-18-22(10-12-34(30)41-33)28-20-32-26(8-4-14-38-32)36-24(28)6-2-16-40-36/h1-20H. The second-order valence-electron chi connectivity index (χ2n) is 10.3. The molecule has 4 aromatic carbocycles. The molecule has 0 bridgehead atoms. The molecule has 5 aromatic heterocycles. The first-order chi connectivity index (χ1) is 20.3. The molecular weight excluding hydrogens is 504 g/mol. The van der Waals surface area contributed by atoms with Crippen LogP contribution in [0.1, 0.15) is 0 Å². The lowest BCUT2D eigenvalue weighted by Crippen LogP contribution is -1.89. The maximum absolute atomic E-state index is 6.30. The van der Waals surface area contributed by atoms with Gasteiger partial charge in [-0.05, 0) is 95.1 Å². The molecule has 190 valence electrons. The molecule has 9 rings (SSSR count). The summed E-state index contributed by atoms with van der Waals surface area (Å²) in [6.07, 6.45) is 7.34. The van der Waals surface area contributed by atoms with Crippen LogP contribution < -0.4 is 0 Å². The van der Waals surface area contributed by atoms with Crippen molar-refractivity contribution in [1.29, 1.82) is 0 Å². The largest absolute Gasteiger partial charge is 0.456 e. The van der Waals surface area contributed by atoms with Crippen molar-refractivity contribution in [3.63, 3.8) is 0 Å². The van der Waals surface area contributed by atoms with Crippen LogP contribution in [0.5, 0.6) is 0 Å². The monoisotopic (exact) mass is 524 g/mol. The van der Waals surface area contributed by atoms with Gasteiger partial charge in [0.15, 0.2) is 0 Å². The van der Waals surface area contributed by atoms with Crippen LogP contribution in [0, 0.1) is 0 Å². The van der Waals surface area contributed by atoms with Crippen LogP contribution >= 0.6 is 0 Å². The molecule has 0 aliphatic carbocycles. The number of fused-ring (bicyclic) bond motifs is 9. The zero-order valence-corrected chi connectivity index (χ0v) is 21.7. The number of hydrogen-bond donors (Lipinski definition) is 0. The maximum atomic E-state index is 6.30. The van der Waals surface area contributed by atoms with Crippen LogP contribution in [0.15, 0.2) is 126 Å². The molecule has 0 atom stereocenters. The van der Waals surface area contributed by atoms with Crippen LogP contribution in [-0.2, 0) is 0 Å². The molecule has 41 heavy (non-hydrogen) atoms. The summed E-state index contributed by atoms with van der Waals surface area (Å²) in [5, 5.41) is 6.44. The SMILES string of the molecule is c1cnc2c(c1)c(-c1ccc3oc4ccc(-c5cc6ncccc6c6ncccc56)cc4c3c1)cc1ncccc12. The van der Waals surface area contributed by atoms with Gasteiger partial charge in [0.05, 0.1) is 22.1 Å². The van der Waals surface area contributed by atoms with E-state index in [4.69, 9.17) is 14.4 Å². The van der Waals surface area contributed by atoms with Gasteiger partial charge in [-0.1, -0.05) is 24.3 Å². The summed E-state index contributed by atoms with van der Waals surface area (Å²) in [5.74, 6) is 0. The lowest BCUT2D eigenvalue weighted by atomic mass is 9.95. The highest BCUT2D eigenvalue weighted by molar-refractivity contribution is 6.14. The number of benzene rings is 4. The van der Waals surface area contributed by atoms with E-state index in [9.17, 15) is 0 Å². The van der Waals surface area contributed by atoms with Gasteiger partial charge in [-0.25, -0.2) is 0 Å². The Labute approximate surface area is 233 Å². The summed E-state index contributed by atoms with van der Waals surface area (Å²) in [6.45, 7) is 0. The Morgan fingerprint density at radius 2 is 0.829 bits per heavy atom. The van der Waals surface area contributed by atoms with E-state index in [0.717, 1.165) is 87.8 Å². The molecule has 0 amide bonds. The molecule has 0 N–H and O–H groups in total. The topological polar surface area (TPSA) is 64.7 Å². The molecule has 0 fully saturated rings. The highest BCUT2D eigenvalue weighted by Crippen LogP contribution is 2.39. The van der Waals surface area contributed by atoms with Crippen LogP contribution in [0.4, 0.5) is 0 Å². The summed E-state index contributed by atoms with van der Waals surface area (Å²) in [4.78, 5) is 18.7. The summed E-state index contributed by atoms with van der Waals surface area (Å²) < 4.78 is 6.30. The third kappa shape index (κ3) is 3.29. The highest BCUT2D eigenvalue weighted by atomic mass is 16.3. The first kappa shape index (κ1) is 22.2. The van der Waals surface area contributed by atoms with Gasteiger partial charge in [0, 0.05) is 57.1 Å². The van der Waals surface area contributed by atoms with Gasteiger partial charge >= 0.3 is 0 Å². The van der Waals surface area contributed by atoms with E-state index in [1.807, 2.05) is 49.1 Å². The Balaban J connectivity index is 1.29. The van der Waals surface area contributed by atoms with Crippen molar-refractivity contribution >= 4 is 65.6 Å². The Bertz CT molecular complexity index is 2320. The summed E-state index contributed by atoms with van der Waals surface area (Å²) >= 11 is 0. The zero-order valence-electron chi connectivity index (χ0n) is 21.7. The van der Waals surface area contributed by atoms with Crippen LogP contribution in [0.25, 0.3) is 87.8 Å². The fourth-order valence-corrected chi connectivity index (χ4v) is 6.16. The number of hydrogen-bond acceptors (Lipinski definition) is 5. The predicted molar refractivity (Wildman–Crippen MR) is 166 cm³/mol. The molecule has 0 spiro atoms. The van der Waals surface area contributed by atoms with E-state index in [-0.39, 0.29) is 0 Å². The minimum absolute atomic E-state index is 0.856. The average molecular weight is 525 g/mol. The van der Waals surface area contributed by atoms with Crippen LogP contribution in [0.3, 0.4) is 0 Å². The summed E-state index contributed by atoms with van der Waals surface area (Å²) in [7, 11) is 0. The third-order valence-corrected chi connectivity index (χ3v) is 8.04. The Morgan fingerprint density at radius 1 is 0.390 bits per heavy atom. The van der Waals surface area contributed by atoms with Gasteiger partial charge in [-0.15, -0.1) is 0 Å². The predicted octanol–water partition coefficient (Wildman–Crippen LogP) is 9.11. The van der Waals surface area contributed by atoms with Crippen molar-refractivity contribution in [3.8, 4) is 22.3 Å². The van der Waals surface area contributed by atoms with Crippen molar-refractivity contribution in [2.45, 2.75) is 0 Å². The molecule has 0 saturated heterocycles. The van der Waals surface area contributed by atoms with E-state index in [0.29, 0.717) is 0 Å². The third-order valence-electron chi connectivity index (χ3n) is 8.04. The van der Waals surface area contributed by atoms with Crippen molar-refractivity contribution < 1.29 is 4.42 Å². The molecular formula is C36H20N4O. The molecule has 0 unspecified atom stereocenters. The van der Waals surface area contributed by atoms with Crippen molar-refractivity contribution in [2.75, 3.05) is 0 Å². The molecule has 5 heteroatoms. The molecule has 5 heterocycles. The Morgan fingerprint density at radius 3 is 1.32 bits per heavy atom. The number of nitrogens with zero attached hydrogens (tertiary/aromatic N) is 4. The van der Waals surface area contributed by atoms with Gasteiger partial charge in [0.1, 0.15) is 11.2 Å². The molecule has 0 radical (unpaired) electrons. The van der Waals surface area contributed by atoms with Gasteiger partial charge in [-0.2, -0.15) is 0 Å². The first-order valence-corrected chi connectivity index (χ1v) is 13.5. The fourth-order valence-electron chi connectivity index (χ4n) is 6.16. The van der Waals surface area contributed by atoms with Crippen LogP contribution in [0.2, 0.25) is 0 Å². The molecule has 5 nitrogen and oxygen atoms in total. The zero-order chi connectivity index (χ0) is 26.9. The second-order valence-corrected chi connectivity index (χ2v) is 10.3. The van der Waals surface area contributed by atoms with E-state index >= 15 is 0 Å². The minimum Gasteiger partial charge on any atom is -0.456 e. The van der Waals surface area contributed by atoms with E-state index in [1.54, 1.807) is 0 Å². The Kier molecular flexibility index (Phi) is 4.55. The fraction of sp³-hybridized carbons (Fsp3) is 0. The van der Waals surface area contributed by atoms with Gasteiger partial charge in [0.25, 0.3) is 0 Å². The molecule has 0 aliphatic heterocycles. The summed E-state index contributed by atoms with van der Waals surface area (Å²) in [6, 6.07) is 33.5. The van der Waals surface area contributed by atoms with Gasteiger partial charge in [0.2, 0.25) is 0 Å². The molecule has 0 saturated carbocycles. The minimum atomic E-state index is 0.856. The summed E-state index contributed by atoms with van der Waals surface area (Å²) in [5.41, 5.74) is 9.88. The van der Waals surface area contributed by atoms with Gasteiger partial charge < -0.3 is 4.42 Å². The Hall–Kier alpha value is -5.68. The number of rotatable bonds is 2. The lowest BCUT2D eigenvalue weighted by molar-refractivity contribution is 0.669. The van der Waals surface area contributed by atoms with Crippen molar-refractivity contribution in [2.24, 2.45) is 0 Å². The normalized spacial score (nSPS) is 11.9. The van der Waals surface area contributed by atoms with E-state index < -0.39 is 0 Å². The van der Waals surface area contributed by atoms with Gasteiger partial charge in [-0.3, -0.25) is 19.9 Å². The van der Waals surface area contributed by atoms with Crippen molar-refractivity contribution in [3.05, 3.63) is 122 Å². The average Bonchev–Trinajstić information content (AvgIpc) is 3.41. The smallest absolute Gasteiger partial charge is 0.135 e. The maximum Gasteiger partial charge on any atom is 0.135 e. The number of aromatic nitrogens is 4. The highest BCUT2D eigenvalue weighted by Gasteiger charge is 2.15. The second kappa shape index (κ2) is 8.41.